The predicted octanol–water partition coefficient (Wildman–Crippen LogP) is 2.42. The molecule has 1 fully saturated rings. The minimum absolute atomic E-state index is 0.0104. The summed E-state index contributed by atoms with van der Waals surface area (Å²) in [6, 6.07) is 6.53. The van der Waals surface area contributed by atoms with Gasteiger partial charge in [0.05, 0.1) is 18.7 Å². The number of methoxy groups -OCH3 is 1. The molecule has 1 aromatic rings. The van der Waals surface area contributed by atoms with E-state index in [2.05, 4.69) is 0 Å². The molecule has 2 rings (SSSR count). The lowest BCUT2D eigenvalue weighted by Gasteiger charge is -2.25. The Balaban J connectivity index is 2.08. The molecule has 142 valence electrons. The Morgan fingerprint density at radius 2 is 2.00 bits per heavy atom. The van der Waals surface area contributed by atoms with Gasteiger partial charge in [-0.2, -0.15) is 0 Å². The number of thioether (sulfide) groups is 1. The molecule has 7 heteroatoms. The summed E-state index contributed by atoms with van der Waals surface area (Å²) in [6.07, 6.45) is 0.638. The van der Waals surface area contributed by atoms with Gasteiger partial charge in [0, 0.05) is 30.4 Å². The first-order chi connectivity index (χ1) is 12.2. The van der Waals surface area contributed by atoms with Crippen LogP contribution in [0, 0.1) is 5.92 Å². The highest BCUT2D eigenvalue weighted by molar-refractivity contribution is 8.14. The number of hydrogen-bond acceptors (Lipinski definition) is 6. The maximum absolute atomic E-state index is 12.9. The van der Waals surface area contributed by atoms with Crippen molar-refractivity contribution < 1.29 is 19.1 Å². The molecule has 1 aliphatic rings. The van der Waals surface area contributed by atoms with Crippen molar-refractivity contribution in [2.24, 2.45) is 5.92 Å². The highest BCUT2D eigenvalue weighted by Crippen LogP contribution is 2.30. The van der Waals surface area contributed by atoms with E-state index in [-0.39, 0.29) is 28.2 Å². The van der Waals surface area contributed by atoms with Crippen molar-refractivity contribution in [2.75, 3.05) is 32.6 Å². The normalized spacial score (nSPS) is 20.2. The fourth-order valence-electron chi connectivity index (χ4n) is 2.94. The largest absolute Gasteiger partial charge is 0.465 e. The Labute approximate surface area is 158 Å². The van der Waals surface area contributed by atoms with Crippen molar-refractivity contribution >= 4 is 34.4 Å². The molecule has 0 N–H and O–H groups in total. The van der Waals surface area contributed by atoms with Crippen LogP contribution in [0.25, 0.3) is 0 Å². The predicted molar refractivity (Wildman–Crippen MR) is 103 cm³/mol. The summed E-state index contributed by atoms with van der Waals surface area (Å²) in [5.74, 6) is -0.493. The molecular formula is C19H26N2O4S. The van der Waals surface area contributed by atoms with E-state index in [1.165, 1.54) is 18.9 Å². The van der Waals surface area contributed by atoms with Gasteiger partial charge in [0.25, 0.3) is 0 Å². The minimum atomic E-state index is -0.436. The summed E-state index contributed by atoms with van der Waals surface area (Å²) in [7, 11) is 4.93. The summed E-state index contributed by atoms with van der Waals surface area (Å²) in [4.78, 5) is 40.2. The fourth-order valence-corrected chi connectivity index (χ4v) is 4.13. The Hall–Kier alpha value is -1.86. The molecule has 0 aliphatic carbocycles. The number of hydrogen-bond donors (Lipinski definition) is 0. The van der Waals surface area contributed by atoms with E-state index in [4.69, 9.17) is 4.74 Å². The van der Waals surface area contributed by atoms with Crippen LogP contribution in [0.5, 0.6) is 0 Å². The van der Waals surface area contributed by atoms with Crippen LogP contribution < -0.4 is 4.90 Å². The van der Waals surface area contributed by atoms with E-state index in [9.17, 15) is 14.4 Å². The van der Waals surface area contributed by atoms with Crippen LogP contribution in [0.15, 0.2) is 24.3 Å². The second-order valence-corrected chi connectivity index (χ2v) is 8.15. The van der Waals surface area contributed by atoms with Gasteiger partial charge in [0.1, 0.15) is 0 Å². The molecule has 1 saturated heterocycles. The molecule has 2 atom stereocenters. The van der Waals surface area contributed by atoms with E-state index in [1.54, 1.807) is 36.2 Å². The number of carbonyl (C=O) groups excluding carboxylic acids is 3. The standard InChI is InChI=1S/C19H26N2O4S/c1-12(2)19(24)26-15-10-16(20(3)11-15)17(22)21(4)14-8-6-7-13(9-14)18(23)25-5/h6-9,12,15-16H,10-11H2,1-5H3. The number of esters is 1. The van der Waals surface area contributed by atoms with Crippen molar-refractivity contribution in [1.82, 2.24) is 4.90 Å². The maximum atomic E-state index is 12.9. The van der Waals surface area contributed by atoms with Crippen LogP contribution in [0.2, 0.25) is 0 Å². The van der Waals surface area contributed by atoms with Gasteiger partial charge >= 0.3 is 5.97 Å². The first-order valence-corrected chi connectivity index (χ1v) is 9.49. The molecule has 0 spiro atoms. The second kappa shape index (κ2) is 8.68. The van der Waals surface area contributed by atoms with Crippen molar-refractivity contribution in [3.05, 3.63) is 29.8 Å². The van der Waals surface area contributed by atoms with Crippen molar-refractivity contribution in [2.45, 2.75) is 31.6 Å². The Morgan fingerprint density at radius 3 is 2.62 bits per heavy atom. The number of amides is 1. The average Bonchev–Trinajstić information content (AvgIpc) is 2.99. The molecule has 0 aromatic heterocycles. The zero-order valence-corrected chi connectivity index (χ0v) is 16.7. The lowest BCUT2D eigenvalue weighted by atomic mass is 10.1. The molecule has 1 heterocycles. The summed E-state index contributed by atoms with van der Waals surface area (Å²) in [5.41, 5.74) is 1.04. The number of ether oxygens (including phenoxy) is 1. The number of likely N-dealkylation sites (N-methyl/N-ethyl adjacent to an activating group) is 2. The van der Waals surface area contributed by atoms with Gasteiger partial charge < -0.3 is 9.64 Å². The second-order valence-electron chi connectivity index (χ2n) is 6.84. The molecule has 26 heavy (non-hydrogen) atoms. The Bertz CT molecular complexity index is 692. The Kier molecular flexibility index (Phi) is 6.83. The van der Waals surface area contributed by atoms with Crippen molar-refractivity contribution in [3.63, 3.8) is 0 Å². The molecule has 0 radical (unpaired) electrons. The smallest absolute Gasteiger partial charge is 0.337 e. The van der Waals surface area contributed by atoms with E-state index < -0.39 is 5.97 Å². The lowest BCUT2D eigenvalue weighted by molar-refractivity contribution is -0.122. The van der Waals surface area contributed by atoms with Crippen LogP contribution in [-0.4, -0.2) is 60.9 Å². The lowest BCUT2D eigenvalue weighted by Crippen LogP contribution is -2.42. The topological polar surface area (TPSA) is 66.9 Å². The van der Waals surface area contributed by atoms with Crippen molar-refractivity contribution in [3.8, 4) is 0 Å². The van der Waals surface area contributed by atoms with E-state index >= 15 is 0 Å². The van der Waals surface area contributed by atoms with Gasteiger partial charge in [-0.1, -0.05) is 31.7 Å². The number of likely N-dealkylation sites (tertiary alicyclic amines) is 1. The first-order valence-electron chi connectivity index (χ1n) is 8.61. The number of rotatable bonds is 5. The summed E-state index contributed by atoms with van der Waals surface area (Å²) >= 11 is 1.34. The van der Waals surface area contributed by atoms with Gasteiger partial charge in [-0.25, -0.2) is 4.79 Å². The van der Waals surface area contributed by atoms with Crippen LogP contribution in [0.3, 0.4) is 0 Å². The third-order valence-electron chi connectivity index (χ3n) is 4.53. The molecule has 1 amide bonds. The van der Waals surface area contributed by atoms with Gasteiger partial charge in [-0.3, -0.25) is 14.5 Å². The Morgan fingerprint density at radius 1 is 1.31 bits per heavy atom. The average molecular weight is 378 g/mol. The quantitative estimate of drug-likeness (QED) is 0.733. The van der Waals surface area contributed by atoms with E-state index in [0.29, 0.717) is 24.2 Å². The van der Waals surface area contributed by atoms with Crippen LogP contribution in [0.1, 0.15) is 30.6 Å². The maximum Gasteiger partial charge on any atom is 0.337 e. The van der Waals surface area contributed by atoms with Crippen LogP contribution in [-0.2, 0) is 14.3 Å². The van der Waals surface area contributed by atoms with Gasteiger partial charge in [-0.05, 0) is 31.7 Å². The third kappa shape index (κ3) is 4.65. The minimum Gasteiger partial charge on any atom is -0.465 e. The zero-order valence-electron chi connectivity index (χ0n) is 15.9. The molecular weight excluding hydrogens is 352 g/mol. The highest BCUT2D eigenvalue weighted by Gasteiger charge is 2.37. The summed E-state index contributed by atoms with van der Waals surface area (Å²) in [6.45, 7) is 4.48. The van der Waals surface area contributed by atoms with E-state index in [1.807, 2.05) is 25.8 Å². The summed E-state index contributed by atoms with van der Waals surface area (Å²) < 4.78 is 4.73. The SMILES string of the molecule is COC(=O)c1cccc(N(C)C(=O)C2CC(SC(=O)C(C)C)CN2C)c1. The van der Waals surface area contributed by atoms with Crippen LogP contribution in [0.4, 0.5) is 5.69 Å². The molecule has 2 unspecified atom stereocenters. The molecule has 6 nitrogen and oxygen atoms in total. The number of carbonyl (C=O) groups is 3. The number of benzene rings is 1. The fraction of sp³-hybridized carbons (Fsp3) is 0.526. The number of nitrogens with zero attached hydrogens (tertiary/aromatic N) is 2. The first kappa shape index (κ1) is 20.5. The van der Waals surface area contributed by atoms with Gasteiger partial charge in [-0.15, -0.1) is 0 Å². The van der Waals surface area contributed by atoms with Gasteiger partial charge in [0.15, 0.2) is 5.12 Å². The van der Waals surface area contributed by atoms with E-state index in [0.717, 1.165) is 0 Å². The molecule has 1 aromatic carbocycles. The number of anilines is 1. The monoisotopic (exact) mass is 378 g/mol. The van der Waals surface area contributed by atoms with Crippen LogP contribution >= 0.6 is 11.8 Å². The highest BCUT2D eigenvalue weighted by atomic mass is 32.2. The summed E-state index contributed by atoms with van der Waals surface area (Å²) in [5, 5.41) is 0.286. The zero-order chi connectivity index (χ0) is 19.4. The van der Waals surface area contributed by atoms with Gasteiger partial charge in [0.2, 0.25) is 5.91 Å². The van der Waals surface area contributed by atoms with Crippen molar-refractivity contribution in [1.29, 1.82) is 0 Å². The molecule has 1 aliphatic heterocycles. The third-order valence-corrected chi connectivity index (χ3v) is 5.91. The molecule has 0 bridgehead atoms. The molecule has 0 saturated carbocycles.